The van der Waals surface area contributed by atoms with Crippen molar-refractivity contribution in [2.24, 2.45) is 17.3 Å². The van der Waals surface area contributed by atoms with Crippen LogP contribution in [0.1, 0.15) is 64.0 Å². The molecule has 2 aliphatic carbocycles. The summed E-state index contributed by atoms with van der Waals surface area (Å²) in [5.74, 6) is 1.50. The summed E-state index contributed by atoms with van der Waals surface area (Å²) in [4.78, 5) is 25.0. The van der Waals surface area contributed by atoms with E-state index in [9.17, 15) is 14.9 Å². The molecule has 1 saturated carbocycles. The summed E-state index contributed by atoms with van der Waals surface area (Å²) in [7, 11) is 0. The predicted octanol–water partition coefficient (Wildman–Crippen LogP) is 6.01. The van der Waals surface area contributed by atoms with Gasteiger partial charge in [-0.25, -0.2) is 0 Å². The standard InChI is InChI=1S/C27H32N2O4/c1-4-5-24-25-12-6-19-16-22(33-18(2)30)11-13-23(19)27(25)15-14-26(24,3)17-28(27)20-7-9-21(10-8-20)29(31)32/h7-11,13,16,24-25H,4-6,12,14-15,17H2,1-3H3/t24-,25-,26+,27-/m0/s1. The van der Waals surface area contributed by atoms with Crippen molar-refractivity contribution < 1.29 is 14.5 Å². The van der Waals surface area contributed by atoms with Crippen molar-refractivity contribution in [2.45, 2.75) is 64.8 Å². The van der Waals surface area contributed by atoms with Gasteiger partial charge in [-0.05, 0) is 84.7 Å². The summed E-state index contributed by atoms with van der Waals surface area (Å²) in [5.41, 5.74) is 3.90. The normalized spacial score (nSPS) is 29.8. The summed E-state index contributed by atoms with van der Waals surface area (Å²) < 4.78 is 5.40. The first-order chi connectivity index (χ1) is 15.8. The van der Waals surface area contributed by atoms with E-state index in [-0.39, 0.29) is 27.5 Å². The second-order valence-electron chi connectivity index (χ2n) is 10.4. The quantitative estimate of drug-likeness (QED) is 0.242. The Kier molecular flexibility index (Phi) is 5.22. The van der Waals surface area contributed by atoms with Gasteiger partial charge in [0.2, 0.25) is 0 Å². The van der Waals surface area contributed by atoms with Crippen molar-refractivity contribution in [3.8, 4) is 5.75 Å². The molecule has 6 rings (SSSR count). The monoisotopic (exact) mass is 448 g/mol. The Morgan fingerprint density at radius 2 is 1.97 bits per heavy atom. The molecule has 0 N–H and O–H groups in total. The van der Waals surface area contributed by atoms with Crippen LogP contribution < -0.4 is 9.64 Å². The van der Waals surface area contributed by atoms with E-state index in [1.807, 2.05) is 24.3 Å². The van der Waals surface area contributed by atoms with E-state index in [0.29, 0.717) is 17.6 Å². The number of non-ortho nitro benzene ring substituents is 1. The number of fused-ring (bicyclic) bond motifs is 3. The van der Waals surface area contributed by atoms with E-state index >= 15 is 0 Å². The molecule has 2 saturated heterocycles. The van der Waals surface area contributed by atoms with Crippen LogP contribution >= 0.6 is 0 Å². The average Bonchev–Trinajstić information content (AvgIpc) is 2.79. The molecule has 4 aliphatic rings. The third kappa shape index (κ3) is 3.33. The third-order valence-corrected chi connectivity index (χ3v) is 8.57. The van der Waals surface area contributed by atoms with Crippen LogP contribution in [-0.2, 0) is 16.8 Å². The molecule has 2 heterocycles. The number of piperidine rings is 2. The number of nitrogens with zero attached hydrogens (tertiary/aromatic N) is 2. The van der Waals surface area contributed by atoms with Gasteiger partial charge in [-0.2, -0.15) is 0 Å². The molecular weight excluding hydrogens is 416 g/mol. The minimum Gasteiger partial charge on any atom is -0.427 e. The Morgan fingerprint density at radius 3 is 2.64 bits per heavy atom. The molecule has 6 heteroatoms. The van der Waals surface area contributed by atoms with Crippen molar-refractivity contribution in [1.29, 1.82) is 0 Å². The van der Waals surface area contributed by atoms with Gasteiger partial charge < -0.3 is 9.64 Å². The number of benzene rings is 2. The van der Waals surface area contributed by atoms with Crippen molar-refractivity contribution >= 4 is 17.3 Å². The summed E-state index contributed by atoms with van der Waals surface area (Å²) in [6.07, 6.45) is 6.77. The summed E-state index contributed by atoms with van der Waals surface area (Å²) in [5, 5.41) is 11.2. The molecule has 0 radical (unpaired) electrons. The molecular formula is C27H32N2O4. The molecule has 2 aromatic rings. The van der Waals surface area contributed by atoms with Crippen LogP contribution in [0.3, 0.4) is 0 Å². The zero-order valence-corrected chi connectivity index (χ0v) is 19.7. The van der Waals surface area contributed by atoms with E-state index in [1.165, 1.54) is 37.3 Å². The number of aryl methyl sites for hydroxylation is 1. The first kappa shape index (κ1) is 21.9. The zero-order valence-electron chi connectivity index (χ0n) is 19.7. The first-order valence-electron chi connectivity index (χ1n) is 12.1. The molecule has 2 aromatic carbocycles. The summed E-state index contributed by atoms with van der Waals surface area (Å²) >= 11 is 0. The van der Waals surface area contributed by atoms with E-state index in [1.54, 1.807) is 12.1 Å². The number of ether oxygens (including phenoxy) is 1. The highest BCUT2D eigenvalue weighted by Crippen LogP contribution is 2.65. The van der Waals surface area contributed by atoms with E-state index in [0.717, 1.165) is 31.5 Å². The van der Waals surface area contributed by atoms with Gasteiger partial charge in [-0.15, -0.1) is 0 Å². The van der Waals surface area contributed by atoms with Gasteiger partial charge in [0.05, 0.1) is 10.5 Å². The molecule has 174 valence electrons. The summed E-state index contributed by atoms with van der Waals surface area (Å²) in [6.45, 7) is 7.13. The van der Waals surface area contributed by atoms with Crippen LogP contribution in [0.4, 0.5) is 11.4 Å². The number of nitro groups is 1. The van der Waals surface area contributed by atoms with Crippen molar-refractivity contribution in [2.75, 3.05) is 11.4 Å². The lowest BCUT2D eigenvalue weighted by Crippen LogP contribution is -2.69. The number of esters is 1. The van der Waals surface area contributed by atoms with Crippen molar-refractivity contribution in [3.63, 3.8) is 0 Å². The third-order valence-electron chi connectivity index (χ3n) is 8.57. The summed E-state index contributed by atoms with van der Waals surface area (Å²) in [6, 6.07) is 13.3. The van der Waals surface area contributed by atoms with Gasteiger partial charge in [-0.1, -0.05) is 26.3 Å². The number of nitro benzene ring substituents is 1. The smallest absolute Gasteiger partial charge is 0.308 e. The highest BCUT2D eigenvalue weighted by atomic mass is 16.6. The Labute approximate surface area is 195 Å². The molecule has 2 aliphatic heterocycles. The number of anilines is 1. The minimum absolute atomic E-state index is 0.125. The van der Waals surface area contributed by atoms with Crippen LogP contribution in [0.25, 0.3) is 0 Å². The molecule has 0 amide bonds. The topological polar surface area (TPSA) is 72.7 Å². The van der Waals surface area contributed by atoms with Gasteiger partial charge in [-0.3, -0.25) is 14.9 Å². The molecule has 4 atom stereocenters. The lowest BCUT2D eigenvalue weighted by Gasteiger charge is -2.69. The second-order valence-corrected chi connectivity index (χ2v) is 10.4. The van der Waals surface area contributed by atoms with Gasteiger partial charge in [0.1, 0.15) is 5.75 Å². The van der Waals surface area contributed by atoms with Gasteiger partial charge in [0.15, 0.2) is 0 Å². The van der Waals surface area contributed by atoms with Crippen molar-refractivity contribution in [3.05, 3.63) is 63.7 Å². The highest BCUT2D eigenvalue weighted by molar-refractivity contribution is 5.69. The Balaban J connectivity index is 1.65. The van der Waals surface area contributed by atoms with Gasteiger partial charge in [0.25, 0.3) is 5.69 Å². The zero-order chi connectivity index (χ0) is 23.4. The van der Waals surface area contributed by atoms with Crippen LogP contribution in [0.15, 0.2) is 42.5 Å². The Morgan fingerprint density at radius 1 is 1.21 bits per heavy atom. The fourth-order valence-corrected chi connectivity index (χ4v) is 7.30. The second kappa shape index (κ2) is 7.86. The van der Waals surface area contributed by atoms with Crippen LogP contribution in [-0.4, -0.2) is 17.4 Å². The maximum absolute atomic E-state index is 11.5. The number of hydrogen-bond donors (Lipinski definition) is 0. The average molecular weight is 449 g/mol. The van der Waals surface area contributed by atoms with Crippen LogP contribution in [0.2, 0.25) is 0 Å². The SMILES string of the molecule is CCC[C@H]1[C@@H]2CCc3cc(OC(C)=O)ccc3[C@@]23CC[C@]1(C)CN3c1ccc([N+](=O)[O-])cc1. The number of rotatable bonds is 5. The fraction of sp³-hybridized carbons (Fsp3) is 0.519. The minimum atomic E-state index is -0.335. The molecule has 1 spiro atoms. The maximum atomic E-state index is 11.5. The van der Waals surface area contributed by atoms with Gasteiger partial charge >= 0.3 is 5.97 Å². The van der Waals surface area contributed by atoms with Gasteiger partial charge in [0, 0.05) is 31.3 Å². The molecule has 0 aromatic heterocycles. The van der Waals surface area contributed by atoms with Crippen LogP contribution in [0, 0.1) is 27.4 Å². The fourth-order valence-electron chi connectivity index (χ4n) is 7.30. The Bertz CT molecular complexity index is 1100. The van der Waals surface area contributed by atoms with Crippen molar-refractivity contribution in [1.82, 2.24) is 0 Å². The molecule has 2 bridgehead atoms. The van der Waals surface area contributed by atoms with E-state index in [2.05, 4.69) is 24.8 Å². The molecule has 3 fully saturated rings. The molecule has 0 unspecified atom stereocenters. The van der Waals surface area contributed by atoms with E-state index in [4.69, 9.17) is 4.74 Å². The Hall–Kier alpha value is -2.89. The predicted molar refractivity (Wildman–Crippen MR) is 127 cm³/mol. The number of carbonyl (C=O) groups is 1. The maximum Gasteiger partial charge on any atom is 0.308 e. The number of hydrogen-bond acceptors (Lipinski definition) is 5. The lowest BCUT2D eigenvalue weighted by atomic mass is 9.46. The largest absolute Gasteiger partial charge is 0.427 e. The van der Waals surface area contributed by atoms with E-state index < -0.39 is 0 Å². The molecule has 33 heavy (non-hydrogen) atoms. The molecule has 6 nitrogen and oxygen atoms in total. The number of carbonyl (C=O) groups excluding carboxylic acids is 1. The lowest BCUT2D eigenvalue weighted by molar-refractivity contribution is -0.384. The first-order valence-corrected chi connectivity index (χ1v) is 12.1. The van der Waals surface area contributed by atoms with Crippen LogP contribution in [0.5, 0.6) is 5.75 Å². The highest BCUT2D eigenvalue weighted by Gasteiger charge is 2.63.